The van der Waals surface area contributed by atoms with E-state index in [4.69, 9.17) is 0 Å². The molecule has 1 aliphatic rings. The fourth-order valence-electron chi connectivity index (χ4n) is 8.60. The molecule has 0 saturated heterocycles. The predicted octanol–water partition coefficient (Wildman–Crippen LogP) is 16.4. The van der Waals surface area contributed by atoms with Crippen molar-refractivity contribution in [3.05, 3.63) is 129 Å². The number of fused-ring (bicyclic) bond motifs is 2. The highest BCUT2D eigenvalue weighted by molar-refractivity contribution is 7.99. The summed E-state index contributed by atoms with van der Waals surface area (Å²) >= 11 is 1.89. The molecule has 0 bridgehead atoms. The number of anilines is 3. The first kappa shape index (κ1) is 43.3. The van der Waals surface area contributed by atoms with Crippen molar-refractivity contribution in [1.82, 2.24) is 0 Å². The number of nitrogens with zero attached hydrogens (tertiary/aromatic N) is 1. The van der Waals surface area contributed by atoms with Crippen LogP contribution in [0.4, 0.5) is 17.1 Å². The molecule has 0 saturated carbocycles. The molecule has 57 heavy (non-hydrogen) atoms. The standard InChI is InChI=1S/C54H70NPS/c1-31(2)39-25-42(33(5)6)52(43(26-39)34(7)8)56(53-44(35(9)10)27-40(32(3)4)28-45(53)36(11)12)54-46(37(13)14)29-41(30-47(54)38(15)16)55-48-21-17-19-23-50(48)57-51-24-20-18-22-49(51)55/h17-38H,1-16H3. The van der Waals surface area contributed by atoms with Crippen LogP contribution in [-0.4, -0.2) is 0 Å². The van der Waals surface area contributed by atoms with E-state index >= 15 is 0 Å². The van der Waals surface area contributed by atoms with Crippen LogP contribution in [0, 0.1) is 0 Å². The lowest BCUT2D eigenvalue weighted by Crippen LogP contribution is -2.35. The van der Waals surface area contributed by atoms with Crippen LogP contribution in [0.2, 0.25) is 0 Å². The van der Waals surface area contributed by atoms with E-state index in [1.807, 2.05) is 11.8 Å². The van der Waals surface area contributed by atoms with Crippen molar-refractivity contribution >= 4 is 52.7 Å². The Bertz CT molecular complexity index is 2010. The highest BCUT2D eigenvalue weighted by Crippen LogP contribution is 2.53. The summed E-state index contributed by atoms with van der Waals surface area (Å²) in [6.45, 7) is 38.7. The molecule has 0 fully saturated rings. The third-order valence-electron chi connectivity index (χ3n) is 12.0. The van der Waals surface area contributed by atoms with Gasteiger partial charge in [-0.2, -0.15) is 0 Å². The molecule has 1 heterocycles. The first-order valence-corrected chi connectivity index (χ1v) is 24.1. The van der Waals surface area contributed by atoms with Gasteiger partial charge in [0.15, 0.2) is 0 Å². The third-order valence-corrected chi connectivity index (χ3v) is 16.0. The second kappa shape index (κ2) is 17.5. The van der Waals surface area contributed by atoms with Crippen LogP contribution in [0.15, 0.2) is 94.7 Å². The molecule has 5 aromatic rings. The van der Waals surface area contributed by atoms with E-state index in [0.29, 0.717) is 47.3 Å². The van der Waals surface area contributed by atoms with Crippen molar-refractivity contribution in [1.29, 1.82) is 0 Å². The first-order chi connectivity index (χ1) is 26.9. The Kier molecular flexibility index (Phi) is 13.3. The largest absolute Gasteiger partial charge is 0.308 e. The van der Waals surface area contributed by atoms with E-state index < -0.39 is 7.92 Å². The molecule has 1 aliphatic heterocycles. The summed E-state index contributed by atoms with van der Waals surface area (Å²) in [7, 11) is -0.986. The second-order valence-electron chi connectivity index (χ2n) is 19.0. The summed E-state index contributed by atoms with van der Waals surface area (Å²) in [6, 6.07) is 33.6. The van der Waals surface area contributed by atoms with E-state index in [1.165, 1.54) is 71.4 Å². The average molecular weight is 796 g/mol. The Labute approximate surface area is 353 Å². The third kappa shape index (κ3) is 8.43. The van der Waals surface area contributed by atoms with Crippen LogP contribution < -0.4 is 20.8 Å². The van der Waals surface area contributed by atoms with Gasteiger partial charge < -0.3 is 4.90 Å². The van der Waals surface area contributed by atoms with Crippen molar-refractivity contribution in [2.24, 2.45) is 0 Å². The van der Waals surface area contributed by atoms with E-state index in [0.717, 1.165) is 0 Å². The molecule has 1 nitrogen and oxygen atoms in total. The number of para-hydroxylation sites is 2. The molecular weight excluding hydrogens is 726 g/mol. The van der Waals surface area contributed by atoms with Crippen LogP contribution in [0.25, 0.3) is 0 Å². The zero-order valence-corrected chi connectivity index (χ0v) is 39.7. The van der Waals surface area contributed by atoms with Crippen molar-refractivity contribution in [2.75, 3.05) is 4.90 Å². The fourth-order valence-corrected chi connectivity index (χ4v) is 13.8. The van der Waals surface area contributed by atoms with E-state index in [9.17, 15) is 0 Å². The maximum atomic E-state index is 2.61. The van der Waals surface area contributed by atoms with Crippen LogP contribution in [-0.2, 0) is 0 Å². The fraction of sp³-hybridized carbons (Fsp3) is 0.444. The Morgan fingerprint density at radius 1 is 0.368 bits per heavy atom. The van der Waals surface area contributed by atoms with Gasteiger partial charge in [-0.25, -0.2) is 0 Å². The Morgan fingerprint density at radius 2 is 0.649 bits per heavy atom. The molecule has 0 amide bonds. The van der Waals surface area contributed by atoms with Gasteiger partial charge in [0, 0.05) is 15.5 Å². The Morgan fingerprint density at radius 3 is 0.930 bits per heavy atom. The maximum Gasteiger partial charge on any atom is 0.0601 e. The molecule has 302 valence electrons. The smallest absolute Gasteiger partial charge is 0.0601 e. The van der Waals surface area contributed by atoms with E-state index in [1.54, 1.807) is 15.9 Å². The predicted molar refractivity (Wildman–Crippen MR) is 257 cm³/mol. The zero-order chi connectivity index (χ0) is 41.6. The van der Waals surface area contributed by atoms with Gasteiger partial charge in [0.05, 0.1) is 11.4 Å². The molecule has 3 heteroatoms. The summed E-state index contributed by atoms with van der Waals surface area (Å²) in [5, 5.41) is 4.82. The molecule has 5 aromatic carbocycles. The zero-order valence-electron chi connectivity index (χ0n) is 38.0. The van der Waals surface area contributed by atoms with Gasteiger partial charge in [-0.15, -0.1) is 0 Å². The summed E-state index contributed by atoms with van der Waals surface area (Å²) < 4.78 is 0. The van der Waals surface area contributed by atoms with Crippen molar-refractivity contribution < 1.29 is 0 Å². The van der Waals surface area contributed by atoms with Gasteiger partial charge in [0.25, 0.3) is 0 Å². The highest BCUT2D eigenvalue weighted by Gasteiger charge is 2.36. The summed E-state index contributed by atoms with van der Waals surface area (Å²) in [5.74, 6) is 3.16. The van der Waals surface area contributed by atoms with E-state index in [2.05, 4.69) is 201 Å². The molecular formula is C54H70NPS. The van der Waals surface area contributed by atoms with Crippen LogP contribution >= 0.6 is 19.7 Å². The van der Waals surface area contributed by atoms with Crippen molar-refractivity contribution in [2.45, 2.75) is 168 Å². The van der Waals surface area contributed by atoms with Gasteiger partial charge in [0.2, 0.25) is 0 Å². The summed E-state index contributed by atoms with van der Waals surface area (Å²) in [6.07, 6.45) is 0. The minimum absolute atomic E-state index is 0.326. The number of rotatable bonds is 12. The second-order valence-corrected chi connectivity index (χ2v) is 22.1. The summed E-state index contributed by atoms with van der Waals surface area (Å²) in [5.41, 5.74) is 15.9. The van der Waals surface area contributed by atoms with Crippen LogP contribution in [0.3, 0.4) is 0 Å². The molecule has 0 N–H and O–H groups in total. The van der Waals surface area contributed by atoms with Gasteiger partial charge in [-0.05, 0) is 152 Å². The molecule has 6 rings (SSSR count). The lowest BCUT2D eigenvalue weighted by molar-refractivity contribution is 0.811. The van der Waals surface area contributed by atoms with Gasteiger partial charge in [0.1, 0.15) is 0 Å². The number of hydrogen-bond donors (Lipinski definition) is 0. The normalized spacial score (nSPS) is 13.2. The van der Waals surface area contributed by atoms with Gasteiger partial charge in [-0.1, -0.05) is 171 Å². The van der Waals surface area contributed by atoms with Gasteiger partial charge in [-0.3, -0.25) is 0 Å². The number of hydrogen-bond acceptors (Lipinski definition) is 2. The molecule has 0 radical (unpaired) electrons. The first-order valence-electron chi connectivity index (χ1n) is 21.9. The Hall–Kier alpha value is -3.32. The van der Waals surface area contributed by atoms with Gasteiger partial charge >= 0.3 is 0 Å². The van der Waals surface area contributed by atoms with Crippen LogP contribution in [0.5, 0.6) is 0 Å². The molecule has 0 aliphatic carbocycles. The molecule has 0 aromatic heterocycles. The molecule has 0 spiro atoms. The van der Waals surface area contributed by atoms with Crippen molar-refractivity contribution in [3.63, 3.8) is 0 Å². The average Bonchev–Trinajstić information content (AvgIpc) is 3.16. The Balaban J connectivity index is 1.84. The minimum atomic E-state index is -0.986. The molecule has 0 unspecified atom stereocenters. The minimum Gasteiger partial charge on any atom is -0.308 e. The lowest BCUT2D eigenvalue weighted by Gasteiger charge is -2.38. The monoisotopic (exact) mass is 795 g/mol. The lowest BCUT2D eigenvalue weighted by atomic mass is 9.89. The maximum absolute atomic E-state index is 2.61. The quantitative estimate of drug-likeness (QED) is 0.114. The topological polar surface area (TPSA) is 3.24 Å². The van der Waals surface area contributed by atoms with Crippen molar-refractivity contribution in [3.8, 4) is 0 Å². The summed E-state index contributed by atoms with van der Waals surface area (Å²) in [4.78, 5) is 5.17. The SMILES string of the molecule is CC(C)c1cc(C(C)C)c(P(c2c(C(C)C)cc(C(C)C)cc2C(C)C)c2c(C(C)C)cc(N3c4ccccc4Sc4ccccc43)cc2C(C)C)c(C(C)C)c1. The highest BCUT2D eigenvalue weighted by atomic mass is 32.2. The molecule has 0 atom stereocenters. The van der Waals surface area contributed by atoms with E-state index in [-0.39, 0.29) is 0 Å². The van der Waals surface area contributed by atoms with Crippen LogP contribution in [0.1, 0.15) is 203 Å². The number of benzene rings is 5.